The summed E-state index contributed by atoms with van der Waals surface area (Å²) >= 11 is 0. The summed E-state index contributed by atoms with van der Waals surface area (Å²) in [5.74, 6) is -0.171. The number of nitrogens with one attached hydrogen (secondary N) is 2. The predicted octanol–water partition coefficient (Wildman–Crippen LogP) is 1.78. The van der Waals surface area contributed by atoms with Crippen LogP contribution in [0.2, 0.25) is 0 Å². The monoisotopic (exact) mass is 277 g/mol. The molecule has 1 aromatic rings. The first-order chi connectivity index (χ1) is 9.58. The van der Waals surface area contributed by atoms with E-state index in [0.29, 0.717) is 23.7 Å². The lowest BCUT2D eigenvalue weighted by atomic mass is 10.1. The zero-order chi connectivity index (χ0) is 14.5. The fourth-order valence-corrected chi connectivity index (χ4v) is 2.47. The van der Waals surface area contributed by atoms with E-state index in [0.717, 1.165) is 19.4 Å². The second kappa shape index (κ2) is 6.47. The van der Waals surface area contributed by atoms with Gasteiger partial charge in [0.05, 0.1) is 4.92 Å². The van der Waals surface area contributed by atoms with E-state index in [-0.39, 0.29) is 11.6 Å². The molecule has 1 atom stereocenters. The maximum atomic E-state index is 12.0. The molecular formula is C14H19N3O3. The quantitative estimate of drug-likeness (QED) is 0.634. The number of benzene rings is 1. The maximum Gasteiger partial charge on any atom is 0.269 e. The van der Waals surface area contributed by atoms with Crippen molar-refractivity contribution in [3.63, 3.8) is 0 Å². The van der Waals surface area contributed by atoms with Crippen LogP contribution < -0.4 is 10.6 Å². The van der Waals surface area contributed by atoms with Gasteiger partial charge in [0.1, 0.15) is 0 Å². The van der Waals surface area contributed by atoms with Crippen LogP contribution in [0.4, 0.5) is 5.69 Å². The lowest BCUT2D eigenvalue weighted by Gasteiger charge is -2.11. The maximum absolute atomic E-state index is 12.0. The van der Waals surface area contributed by atoms with Crippen LogP contribution in [0.5, 0.6) is 0 Å². The van der Waals surface area contributed by atoms with E-state index in [9.17, 15) is 14.9 Å². The summed E-state index contributed by atoms with van der Waals surface area (Å²) in [5, 5.41) is 16.9. The molecule has 1 amide bonds. The van der Waals surface area contributed by atoms with Crippen molar-refractivity contribution in [1.29, 1.82) is 0 Å². The Balaban J connectivity index is 1.89. The van der Waals surface area contributed by atoms with E-state index < -0.39 is 4.92 Å². The molecule has 1 aliphatic heterocycles. The van der Waals surface area contributed by atoms with Crippen molar-refractivity contribution in [1.82, 2.24) is 10.6 Å². The van der Waals surface area contributed by atoms with Crippen LogP contribution in [0, 0.1) is 17.0 Å². The Morgan fingerprint density at radius 1 is 1.55 bits per heavy atom. The number of hydrogen-bond donors (Lipinski definition) is 2. The number of amides is 1. The largest absolute Gasteiger partial charge is 0.352 e. The minimum atomic E-state index is -0.458. The van der Waals surface area contributed by atoms with Crippen LogP contribution in [0.15, 0.2) is 18.2 Å². The van der Waals surface area contributed by atoms with Gasteiger partial charge in [0.2, 0.25) is 0 Å². The number of carbonyl (C=O) groups excluding carboxylic acids is 1. The van der Waals surface area contributed by atoms with E-state index in [1.165, 1.54) is 24.6 Å². The number of non-ortho nitro benzene ring substituents is 1. The molecule has 108 valence electrons. The Morgan fingerprint density at radius 2 is 2.35 bits per heavy atom. The standard InChI is InChI=1S/C14H19N3O3/c1-10-9-12(17(19)20)4-5-13(10)14(18)16-8-6-11-3-2-7-15-11/h4-5,9,11,15H,2-3,6-8H2,1H3,(H,16,18)/t11-/m0/s1. The van der Waals surface area contributed by atoms with Crippen LogP contribution in [0.3, 0.4) is 0 Å². The smallest absolute Gasteiger partial charge is 0.269 e. The van der Waals surface area contributed by atoms with E-state index >= 15 is 0 Å². The minimum absolute atomic E-state index is 0.00852. The topological polar surface area (TPSA) is 84.3 Å². The van der Waals surface area contributed by atoms with Crippen molar-refractivity contribution in [3.8, 4) is 0 Å². The van der Waals surface area contributed by atoms with Gasteiger partial charge in [0, 0.05) is 30.3 Å². The SMILES string of the molecule is Cc1cc([N+](=O)[O-])ccc1C(=O)NCC[C@@H]1CCCN1. The third-order valence-electron chi connectivity index (χ3n) is 3.61. The van der Waals surface area contributed by atoms with Gasteiger partial charge in [0.25, 0.3) is 11.6 Å². The Morgan fingerprint density at radius 3 is 2.95 bits per heavy atom. The van der Waals surface area contributed by atoms with E-state index in [1.807, 2.05) is 0 Å². The molecule has 1 fully saturated rings. The summed E-state index contributed by atoms with van der Waals surface area (Å²) in [6.45, 7) is 3.38. The molecule has 6 heteroatoms. The molecule has 1 aromatic carbocycles. The molecule has 0 bridgehead atoms. The highest BCUT2D eigenvalue weighted by Gasteiger charge is 2.16. The van der Waals surface area contributed by atoms with Crippen LogP contribution >= 0.6 is 0 Å². The van der Waals surface area contributed by atoms with Crippen LogP contribution in [-0.2, 0) is 0 Å². The molecule has 1 saturated heterocycles. The number of hydrogen-bond acceptors (Lipinski definition) is 4. The lowest BCUT2D eigenvalue weighted by Crippen LogP contribution is -2.30. The molecule has 0 unspecified atom stereocenters. The first-order valence-electron chi connectivity index (χ1n) is 6.84. The highest BCUT2D eigenvalue weighted by molar-refractivity contribution is 5.95. The molecule has 6 nitrogen and oxygen atoms in total. The molecule has 1 aliphatic rings. The van der Waals surface area contributed by atoms with E-state index in [4.69, 9.17) is 0 Å². The summed E-state index contributed by atoms with van der Waals surface area (Å²) in [6, 6.07) is 4.79. The third-order valence-corrected chi connectivity index (χ3v) is 3.61. The summed E-state index contributed by atoms with van der Waals surface area (Å²) in [7, 11) is 0. The van der Waals surface area contributed by atoms with Crippen molar-refractivity contribution >= 4 is 11.6 Å². The van der Waals surface area contributed by atoms with Crippen LogP contribution in [0.25, 0.3) is 0 Å². The molecule has 0 aliphatic carbocycles. The first kappa shape index (κ1) is 14.5. The van der Waals surface area contributed by atoms with E-state index in [1.54, 1.807) is 6.92 Å². The second-order valence-electron chi connectivity index (χ2n) is 5.09. The molecule has 0 saturated carbocycles. The molecule has 1 heterocycles. The number of carbonyl (C=O) groups is 1. The third kappa shape index (κ3) is 3.54. The molecule has 0 radical (unpaired) electrons. The number of aryl methyl sites for hydroxylation is 1. The van der Waals surface area contributed by atoms with Crippen LogP contribution in [0.1, 0.15) is 35.2 Å². The van der Waals surface area contributed by atoms with Crippen molar-refractivity contribution in [2.45, 2.75) is 32.2 Å². The molecular weight excluding hydrogens is 258 g/mol. The zero-order valence-corrected chi connectivity index (χ0v) is 11.5. The van der Waals surface area contributed by atoms with Gasteiger partial charge < -0.3 is 10.6 Å². The van der Waals surface area contributed by atoms with Gasteiger partial charge >= 0.3 is 0 Å². The van der Waals surface area contributed by atoms with Gasteiger partial charge in [-0.1, -0.05) is 0 Å². The van der Waals surface area contributed by atoms with Gasteiger partial charge in [-0.3, -0.25) is 14.9 Å². The Bertz CT molecular complexity index is 510. The summed E-state index contributed by atoms with van der Waals surface area (Å²) in [5.41, 5.74) is 1.12. The van der Waals surface area contributed by atoms with Gasteiger partial charge in [-0.25, -0.2) is 0 Å². The summed E-state index contributed by atoms with van der Waals surface area (Å²) < 4.78 is 0. The van der Waals surface area contributed by atoms with E-state index in [2.05, 4.69) is 10.6 Å². The van der Waals surface area contributed by atoms with Gasteiger partial charge in [-0.05, 0) is 44.4 Å². The Kier molecular flexibility index (Phi) is 4.68. The van der Waals surface area contributed by atoms with Crippen molar-refractivity contribution in [2.75, 3.05) is 13.1 Å². The predicted molar refractivity (Wildman–Crippen MR) is 75.8 cm³/mol. The number of nitro groups is 1. The molecule has 2 rings (SSSR count). The van der Waals surface area contributed by atoms with Gasteiger partial charge in [-0.2, -0.15) is 0 Å². The second-order valence-corrected chi connectivity index (χ2v) is 5.09. The average molecular weight is 277 g/mol. The first-order valence-corrected chi connectivity index (χ1v) is 6.84. The number of nitrogens with zero attached hydrogens (tertiary/aromatic N) is 1. The van der Waals surface area contributed by atoms with Gasteiger partial charge in [-0.15, -0.1) is 0 Å². The number of nitro benzene ring substituents is 1. The van der Waals surface area contributed by atoms with Crippen LogP contribution in [-0.4, -0.2) is 30.0 Å². The lowest BCUT2D eigenvalue weighted by molar-refractivity contribution is -0.384. The molecule has 20 heavy (non-hydrogen) atoms. The zero-order valence-electron chi connectivity index (χ0n) is 11.5. The normalized spacial score (nSPS) is 17.9. The highest BCUT2D eigenvalue weighted by atomic mass is 16.6. The van der Waals surface area contributed by atoms with Crippen molar-refractivity contribution in [2.24, 2.45) is 0 Å². The van der Waals surface area contributed by atoms with Crippen molar-refractivity contribution < 1.29 is 9.72 Å². The highest BCUT2D eigenvalue weighted by Crippen LogP contribution is 2.17. The summed E-state index contributed by atoms with van der Waals surface area (Å²) in [6.07, 6.45) is 3.27. The van der Waals surface area contributed by atoms with Gasteiger partial charge in [0.15, 0.2) is 0 Å². The average Bonchev–Trinajstić information content (AvgIpc) is 2.91. The fourth-order valence-electron chi connectivity index (χ4n) is 2.47. The fraction of sp³-hybridized carbons (Fsp3) is 0.500. The molecule has 0 spiro atoms. The van der Waals surface area contributed by atoms with Crippen molar-refractivity contribution in [3.05, 3.63) is 39.4 Å². The summed E-state index contributed by atoms with van der Waals surface area (Å²) in [4.78, 5) is 22.2. The molecule has 0 aromatic heterocycles. The Labute approximate surface area is 117 Å². The molecule has 2 N–H and O–H groups in total. The number of rotatable bonds is 5. The minimum Gasteiger partial charge on any atom is -0.352 e. The Hall–Kier alpha value is -1.95.